The second-order valence-electron chi connectivity index (χ2n) is 15.6. The van der Waals surface area contributed by atoms with Gasteiger partial charge in [0.25, 0.3) is 11.9 Å². The summed E-state index contributed by atoms with van der Waals surface area (Å²) in [6.07, 6.45) is 5.77. The second kappa shape index (κ2) is 15.0. The van der Waals surface area contributed by atoms with Crippen LogP contribution in [0.5, 0.6) is 6.01 Å². The number of carbonyl (C=O) groups is 4. The zero-order valence-corrected chi connectivity index (χ0v) is 32.2. The molecule has 3 N–H and O–H groups in total. The molecule has 1 saturated carbocycles. The minimum atomic E-state index is -4.16. The Morgan fingerprint density at radius 3 is 2.54 bits per heavy atom. The van der Waals surface area contributed by atoms with Crippen molar-refractivity contribution in [3.05, 3.63) is 35.9 Å². The molecule has 0 spiro atoms. The average molecular weight is 744 g/mol. The summed E-state index contributed by atoms with van der Waals surface area (Å²) in [5.41, 5.74) is 0.328. The maximum atomic E-state index is 14.5. The Morgan fingerprint density at radius 2 is 1.87 bits per heavy atom. The first kappa shape index (κ1) is 39.0. The van der Waals surface area contributed by atoms with Crippen LogP contribution in [0.1, 0.15) is 91.2 Å². The number of ether oxygens (including phenoxy) is 2. The van der Waals surface area contributed by atoms with Gasteiger partial charge in [-0.15, -0.1) is 0 Å². The molecule has 4 amide bonds. The van der Waals surface area contributed by atoms with Gasteiger partial charge in [0.05, 0.1) is 17.6 Å². The molecule has 0 unspecified atom stereocenters. The smallest absolute Gasteiger partial charge is 0.408 e. The van der Waals surface area contributed by atoms with Crippen LogP contribution >= 0.6 is 0 Å². The molecule has 3 aliphatic rings. The van der Waals surface area contributed by atoms with Crippen molar-refractivity contribution in [2.75, 3.05) is 20.6 Å². The molecule has 5 rings (SSSR count). The highest BCUT2D eigenvalue weighted by atomic mass is 32.2. The van der Waals surface area contributed by atoms with Crippen molar-refractivity contribution in [1.29, 1.82) is 0 Å². The predicted octanol–water partition coefficient (Wildman–Crippen LogP) is 3.49. The number of rotatable bonds is 7. The van der Waals surface area contributed by atoms with E-state index in [0.29, 0.717) is 25.3 Å². The quantitative estimate of drug-likeness (QED) is 0.358. The lowest BCUT2D eigenvalue weighted by atomic mass is 10.0. The van der Waals surface area contributed by atoms with Crippen molar-refractivity contribution in [3.8, 4) is 6.01 Å². The van der Waals surface area contributed by atoms with Gasteiger partial charge in [-0.05, 0) is 84.9 Å². The lowest BCUT2D eigenvalue weighted by Crippen LogP contribution is -2.58. The van der Waals surface area contributed by atoms with Crippen molar-refractivity contribution in [1.82, 2.24) is 34.1 Å². The van der Waals surface area contributed by atoms with E-state index in [9.17, 15) is 27.6 Å². The van der Waals surface area contributed by atoms with Gasteiger partial charge < -0.3 is 25.0 Å². The summed E-state index contributed by atoms with van der Waals surface area (Å²) >= 11 is 0. The van der Waals surface area contributed by atoms with Gasteiger partial charge in [-0.1, -0.05) is 31.1 Å². The molecule has 52 heavy (non-hydrogen) atoms. The van der Waals surface area contributed by atoms with Crippen molar-refractivity contribution in [3.63, 3.8) is 0 Å². The van der Waals surface area contributed by atoms with E-state index in [2.05, 4.69) is 15.4 Å². The van der Waals surface area contributed by atoms with Gasteiger partial charge in [-0.3, -0.25) is 19.0 Å². The first-order valence-electron chi connectivity index (χ1n) is 18.0. The summed E-state index contributed by atoms with van der Waals surface area (Å²) in [4.78, 5) is 61.6. The summed E-state index contributed by atoms with van der Waals surface area (Å²) in [6.45, 7) is 11.2. The number of hydrogen-bond acceptors (Lipinski definition) is 9. The van der Waals surface area contributed by atoms with Gasteiger partial charge in [-0.25, -0.2) is 9.52 Å². The summed E-state index contributed by atoms with van der Waals surface area (Å²) < 4.78 is 42.3. The molecule has 1 aromatic carbocycles. The Kier molecular flexibility index (Phi) is 11.3. The summed E-state index contributed by atoms with van der Waals surface area (Å²) in [5.74, 6) is -2.43. The molecule has 16 heteroatoms. The van der Waals surface area contributed by atoms with Gasteiger partial charge in [0.2, 0.25) is 11.8 Å². The Hall–Kier alpha value is -4.18. The number of amides is 4. The predicted molar refractivity (Wildman–Crippen MR) is 195 cm³/mol. The molecule has 1 aliphatic carbocycles. The molecular weight excluding hydrogens is 691 g/mol. The fourth-order valence-electron chi connectivity index (χ4n) is 6.83. The molecule has 2 fully saturated rings. The third-order valence-corrected chi connectivity index (χ3v) is 11.0. The second-order valence-corrected chi connectivity index (χ2v) is 17.5. The molecule has 0 bridgehead atoms. The largest absolute Gasteiger partial charge is 0.459 e. The van der Waals surface area contributed by atoms with E-state index in [1.54, 1.807) is 20.8 Å². The van der Waals surface area contributed by atoms with Crippen LogP contribution in [0.3, 0.4) is 0 Å². The van der Waals surface area contributed by atoms with Gasteiger partial charge in [0.15, 0.2) is 0 Å². The van der Waals surface area contributed by atoms with E-state index >= 15 is 0 Å². The van der Waals surface area contributed by atoms with Crippen LogP contribution in [0.4, 0.5) is 4.79 Å². The van der Waals surface area contributed by atoms with Crippen LogP contribution in [-0.4, -0.2) is 101 Å². The lowest BCUT2D eigenvalue weighted by Gasteiger charge is -2.30. The number of aryl methyl sites for hydroxylation is 1. The third kappa shape index (κ3) is 8.71. The zero-order valence-electron chi connectivity index (χ0n) is 31.4. The van der Waals surface area contributed by atoms with Crippen LogP contribution in [0.15, 0.2) is 30.4 Å². The Bertz CT molecular complexity index is 1830. The Morgan fingerprint density at radius 1 is 1.13 bits per heavy atom. The van der Waals surface area contributed by atoms with E-state index in [0.717, 1.165) is 33.7 Å². The van der Waals surface area contributed by atoms with Gasteiger partial charge in [-0.2, -0.15) is 17.7 Å². The highest BCUT2D eigenvalue weighted by Crippen LogP contribution is 2.46. The summed E-state index contributed by atoms with van der Waals surface area (Å²) in [5, 5.41) is 5.60. The highest BCUT2D eigenvalue weighted by Gasteiger charge is 2.61. The van der Waals surface area contributed by atoms with Crippen LogP contribution in [0.25, 0.3) is 11.0 Å². The van der Waals surface area contributed by atoms with Gasteiger partial charge in [0.1, 0.15) is 29.3 Å². The van der Waals surface area contributed by atoms with E-state index in [1.165, 1.54) is 19.0 Å². The lowest BCUT2D eigenvalue weighted by molar-refractivity contribution is -0.141. The monoisotopic (exact) mass is 743 g/mol. The molecule has 2 aromatic rings. The van der Waals surface area contributed by atoms with Gasteiger partial charge in [0, 0.05) is 32.5 Å². The number of carbonyl (C=O) groups excluding carboxylic acids is 4. The number of aromatic nitrogens is 2. The average Bonchev–Trinajstić information content (AvgIpc) is 3.37. The normalized spacial score (nSPS) is 25.9. The first-order chi connectivity index (χ1) is 24.3. The van der Waals surface area contributed by atoms with E-state index < -0.39 is 69.3 Å². The number of benzene rings is 1. The van der Waals surface area contributed by atoms with Crippen LogP contribution in [-0.2, 0) is 29.3 Å². The van der Waals surface area contributed by atoms with Crippen molar-refractivity contribution >= 4 is 45.1 Å². The third-order valence-electron chi connectivity index (χ3n) is 9.64. The molecule has 0 radical (unpaired) electrons. The topological polar surface area (TPSA) is 181 Å². The Balaban J connectivity index is 1.50. The SMILES string of the molecule is Cc1ccc2c(c1)nc(O[C@@H]1C[C@H]3C(=O)N[C@]4(C(=O)NS(=O)(=O)N(C)C)C[C@H]4C=CCCCCC[C@H](NC(=O)OC(C)(C)C)C(=O)N3C1)n2C(C)C. The van der Waals surface area contributed by atoms with Crippen LogP contribution in [0.2, 0.25) is 0 Å². The van der Waals surface area contributed by atoms with Gasteiger partial charge >= 0.3 is 16.3 Å². The number of nitrogens with zero attached hydrogens (tertiary/aromatic N) is 4. The van der Waals surface area contributed by atoms with Crippen LogP contribution in [0, 0.1) is 12.8 Å². The number of alkyl carbamates (subject to hydrolysis) is 1. The van der Waals surface area contributed by atoms with E-state index in [-0.39, 0.29) is 25.4 Å². The zero-order chi connectivity index (χ0) is 38.2. The molecule has 5 atom stereocenters. The fourth-order valence-corrected chi connectivity index (χ4v) is 7.43. The maximum absolute atomic E-state index is 14.5. The minimum absolute atomic E-state index is 0.00127. The first-order valence-corrected chi connectivity index (χ1v) is 19.4. The van der Waals surface area contributed by atoms with Crippen LogP contribution < -0.4 is 20.1 Å². The number of imidazole rings is 1. The summed E-state index contributed by atoms with van der Waals surface area (Å²) in [6, 6.07) is 4.17. The number of fused-ring (bicyclic) bond motifs is 3. The Labute approximate surface area is 306 Å². The molecule has 1 saturated heterocycles. The molecule has 15 nitrogen and oxygen atoms in total. The van der Waals surface area contributed by atoms with Crippen molar-refractivity contribution in [2.45, 2.75) is 122 Å². The van der Waals surface area contributed by atoms with E-state index in [4.69, 9.17) is 14.5 Å². The fraction of sp³-hybridized carbons (Fsp3) is 0.639. The summed E-state index contributed by atoms with van der Waals surface area (Å²) in [7, 11) is -1.56. The highest BCUT2D eigenvalue weighted by molar-refractivity contribution is 7.87. The van der Waals surface area contributed by atoms with E-state index in [1.807, 2.05) is 55.7 Å². The van der Waals surface area contributed by atoms with Crippen molar-refractivity contribution in [2.24, 2.45) is 5.92 Å². The number of hydrogen-bond donors (Lipinski definition) is 3. The number of allylic oxidation sites excluding steroid dienone is 1. The minimum Gasteiger partial charge on any atom is -0.459 e. The standard InChI is InChI=1S/C36H53N7O8S/c1-22(2)43-28-17-16-23(3)18-27(28)37-33(43)50-25-19-29-30(44)39-36(32(46)40-52(48,49)41(7)8)20-24(36)14-12-10-9-11-13-15-26(31(45)42(29)21-25)38-34(47)51-35(4,5)6/h12,14,16-18,22,24-26,29H,9-11,13,15,19-21H2,1-8H3,(H,38,47)(H,39,44)(H,40,46)/t24-,25-,26+,29+,36-/m1/s1. The molecule has 2 aliphatic heterocycles. The molecule has 1 aromatic heterocycles. The van der Waals surface area contributed by atoms with Crippen molar-refractivity contribution < 1.29 is 37.1 Å². The maximum Gasteiger partial charge on any atom is 0.408 e. The molecule has 286 valence electrons. The molecule has 3 heterocycles. The molecular formula is C36H53N7O8S. The number of nitrogens with one attached hydrogen (secondary N) is 3.